The Labute approximate surface area is 242 Å². The number of methoxy groups -OCH3 is 4. The zero-order valence-electron chi connectivity index (χ0n) is 25.1. The Morgan fingerprint density at radius 3 is 2.12 bits per heavy atom. The van der Waals surface area contributed by atoms with E-state index in [-0.39, 0.29) is 11.3 Å². The second kappa shape index (κ2) is 10.1. The number of fused-ring (bicyclic) bond motifs is 1. The molecule has 0 aliphatic heterocycles. The van der Waals surface area contributed by atoms with E-state index in [2.05, 4.69) is 19.2 Å². The molecule has 4 bridgehead atoms. The third-order valence-corrected chi connectivity index (χ3v) is 9.90. The first kappa shape index (κ1) is 27.7. The van der Waals surface area contributed by atoms with Crippen LogP contribution in [0, 0.1) is 22.2 Å². The molecule has 4 fully saturated rings. The third-order valence-electron chi connectivity index (χ3n) is 9.90. The van der Waals surface area contributed by atoms with Gasteiger partial charge in [0.25, 0.3) is 0 Å². The molecule has 218 valence electrons. The van der Waals surface area contributed by atoms with Gasteiger partial charge in [-0.3, -0.25) is 9.78 Å². The summed E-state index contributed by atoms with van der Waals surface area (Å²) < 4.78 is 22.3. The molecule has 4 aliphatic rings. The SMILES string of the molecule is COc1ccc([C@H](NC(=O)CC23CC4C[C@@](C)(C2)C[C@@](C)(C4)C3)c2nccc3cc(OC)c(OC)cc23)cc1OC. The molecule has 0 radical (unpaired) electrons. The maximum absolute atomic E-state index is 14.1. The van der Waals surface area contributed by atoms with Gasteiger partial charge in [-0.05, 0) is 102 Å². The van der Waals surface area contributed by atoms with E-state index in [4.69, 9.17) is 23.9 Å². The Balaban J connectivity index is 1.39. The van der Waals surface area contributed by atoms with Gasteiger partial charge in [0.1, 0.15) is 0 Å². The number of aromatic nitrogens is 1. The van der Waals surface area contributed by atoms with Gasteiger partial charge in [-0.2, -0.15) is 0 Å². The van der Waals surface area contributed by atoms with Crippen LogP contribution >= 0.6 is 0 Å². The molecule has 1 amide bonds. The standard InChI is InChI=1S/C34H42N2O5/c1-32-14-21-15-33(2,18-32)20-34(16-21,19-32)17-29(37)36-30(23-7-8-25(38-3)26(12-23)39-4)31-24-13-28(41-6)27(40-5)11-22(24)9-10-35-31/h7-13,21,30H,14-20H2,1-6H3,(H,36,37)/t21?,30-,32+,33+,34?/m0/s1. The lowest BCUT2D eigenvalue weighted by atomic mass is 9.40. The van der Waals surface area contributed by atoms with Gasteiger partial charge in [0.15, 0.2) is 23.0 Å². The molecule has 0 spiro atoms. The lowest BCUT2D eigenvalue weighted by Crippen LogP contribution is -2.56. The molecule has 1 heterocycles. The second-order valence-electron chi connectivity index (χ2n) is 13.5. The highest BCUT2D eigenvalue weighted by Gasteiger charge is 2.60. The Morgan fingerprint density at radius 1 is 0.854 bits per heavy atom. The van der Waals surface area contributed by atoms with Gasteiger partial charge in [0.2, 0.25) is 5.91 Å². The van der Waals surface area contributed by atoms with Crippen LogP contribution in [-0.2, 0) is 4.79 Å². The molecule has 4 aliphatic carbocycles. The highest BCUT2D eigenvalue weighted by molar-refractivity contribution is 5.89. The van der Waals surface area contributed by atoms with Crippen LogP contribution in [0.2, 0.25) is 0 Å². The first-order valence-electron chi connectivity index (χ1n) is 14.6. The molecule has 7 rings (SSSR count). The van der Waals surface area contributed by atoms with Crippen molar-refractivity contribution in [1.29, 1.82) is 0 Å². The van der Waals surface area contributed by atoms with Crippen molar-refractivity contribution in [2.75, 3.05) is 28.4 Å². The number of amides is 1. The molecule has 1 N–H and O–H groups in total. The van der Waals surface area contributed by atoms with Crippen LogP contribution in [0.1, 0.15) is 76.1 Å². The monoisotopic (exact) mass is 558 g/mol. The molecule has 2 aromatic carbocycles. The Kier molecular flexibility index (Phi) is 6.82. The molecule has 7 nitrogen and oxygen atoms in total. The summed E-state index contributed by atoms with van der Waals surface area (Å²) in [6.45, 7) is 4.91. The number of nitrogens with zero attached hydrogens (tertiary/aromatic N) is 1. The van der Waals surface area contributed by atoms with Gasteiger partial charge in [-0.25, -0.2) is 0 Å². The third kappa shape index (κ3) is 4.98. The average Bonchev–Trinajstić information content (AvgIpc) is 2.92. The van der Waals surface area contributed by atoms with E-state index in [9.17, 15) is 4.79 Å². The topological polar surface area (TPSA) is 78.9 Å². The van der Waals surface area contributed by atoms with Crippen molar-refractivity contribution in [1.82, 2.24) is 10.3 Å². The molecule has 0 unspecified atom stereocenters. The summed E-state index contributed by atoms with van der Waals surface area (Å²) in [7, 11) is 6.50. The van der Waals surface area contributed by atoms with Crippen molar-refractivity contribution in [3.8, 4) is 23.0 Å². The zero-order chi connectivity index (χ0) is 29.0. The van der Waals surface area contributed by atoms with E-state index in [0.29, 0.717) is 40.2 Å². The van der Waals surface area contributed by atoms with Gasteiger partial charge in [-0.15, -0.1) is 0 Å². The van der Waals surface area contributed by atoms with Crippen molar-refractivity contribution in [3.63, 3.8) is 0 Å². The molecule has 41 heavy (non-hydrogen) atoms. The van der Waals surface area contributed by atoms with Crippen LogP contribution in [-0.4, -0.2) is 39.3 Å². The van der Waals surface area contributed by atoms with Crippen molar-refractivity contribution in [2.45, 2.75) is 64.8 Å². The second-order valence-corrected chi connectivity index (χ2v) is 13.5. The zero-order valence-corrected chi connectivity index (χ0v) is 25.1. The fraction of sp³-hybridized carbons (Fsp3) is 0.529. The van der Waals surface area contributed by atoms with Crippen LogP contribution in [0.4, 0.5) is 0 Å². The maximum atomic E-state index is 14.1. The van der Waals surface area contributed by atoms with E-state index in [1.807, 2.05) is 36.4 Å². The Bertz CT molecular complexity index is 1470. The fourth-order valence-electron chi connectivity index (χ4n) is 9.53. The average molecular weight is 559 g/mol. The number of carbonyl (C=O) groups excluding carboxylic acids is 1. The molecule has 0 saturated heterocycles. The maximum Gasteiger partial charge on any atom is 0.221 e. The van der Waals surface area contributed by atoms with E-state index in [1.165, 1.54) is 19.3 Å². The smallest absolute Gasteiger partial charge is 0.221 e. The van der Waals surface area contributed by atoms with Gasteiger partial charge in [0.05, 0.1) is 40.2 Å². The quantitative estimate of drug-likeness (QED) is 0.309. The summed E-state index contributed by atoms with van der Waals surface area (Å²) in [5.74, 6) is 3.30. The highest BCUT2D eigenvalue weighted by Crippen LogP contribution is 2.70. The number of rotatable bonds is 9. The molecule has 1 aromatic heterocycles. The lowest BCUT2D eigenvalue weighted by molar-refractivity contribution is -0.156. The number of nitrogens with one attached hydrogen (secondary N) is 1. The number of pyridine rings is 1. The van der Waals surface area contributed by atoms with E-state index in [0.717, 1.165) is 47.2 Å². The minimum Gasteiger partial charge on any atom is -0.493 e. The summed E-state index contributed by atoms with van der Waals surface area (Å²) in [5.41, 5.74) is 2.38. The van der Waals surface area contributed by atoms with E-state index >= 15 is 0 Å². The lowest BCUT2D eigenvalue weighted by Gasteiger charge is -2.65. The van der Waals surface area contributed by atoms with Crippen LogP contribution in [0.15, 0.2) is 42.6 Å². The van der Waals surface area contributed by atoms with Crippen molar-refractivity contribution in [3.05, 3.63) is 53.9 Å². The summed E-state index contributed by atoms with van der Waals surface area (Å²) in [6.07, 6.45) is 9.69. The summed E-state index contributed by atoms with van der Waals surface area (Å²) in [5, 5.41) is 5.27. The predicted octanol–water partition coefficient (Wildman–Crippen LogP) is 6.86. The van der Waals surface area contributed by atoms with Crippen LogP contribution in [0.3, 0.4) is 0 Å². The molecule has 3 aromatic rings. The number of carbonyl (C=O) groups is 1. The largest absolute Gasteiger partial charge is 0.493 e. The Morgan fingerprint density at radius 2 is 1.49 bits per heavy atom. The molecular formula is C34H42N2O5. The van der Waals surface area contributed by atoms with E-state index in [1.54, 1.807) is 34.6 Å². The van der Waals surface area contributed by atoms with Gasteiger partial charge < -0.3 is 24.3 Å². The summed E-state index contributed by atoms with van der Waals surface area (Å²) in [4.78, 5) is 18.9. The van der Waals surface area contributed by atoms with Gasteiger partial charge in [-0.1, -0.05) is 19.9 Å². The fourth-order valence-corrected chi connectivity index (χ4v) is 9.53. The summed E-state index contributed by atoms with van der Waals surface area (Å²) >= 11 is 0. The molecule has 7 heteroatoms. The minimum absolute atomic E-state index is 0.0674. The first-order chi connectivity index (χ1) is 19.6. The highest BCUT2D eigenvalue weighted by atomic mass is 16.5. The number of ether oxygens (including phenoxy) is 4. The molecule has 4 saturated carbocycles. The van der Waals surface area contributed by atoms with Crippen molar-refractivity contribution >= 4 is 16.7 Å². The molecule has 3 atom stereocenters. The van der Waals surface area contributed by atoms with Crippen molar-refractivity contribution < 1.29 is 23.7 Å². The Hall–Kier alpha value is -3.48. The van der Waals surface area contributed by atoms with Crippen LogP contribution in [0.25, 0.3) is 10.8 Å². The number of hydrogen-bond acceptors (Lipinski definition) is 6. The normalized spacial score (nSPS) is 28.8. The predicted molar refractivity (Wildman–Crippen MR) is 159 cm³/mol. The minimum atomic E-state index is -0.496. The van der Waals surface area contributed by atoms with Crippen LogP contribution in [0.5, 0.6) is 23.0 Å². The summed E-state index contributed by atoms with van der Waals surface area (Å²) in [6, 6.07) is 11.1. The number of hydrogen-bond donors (Lipinski definition) is 1. The number of benzene rings is 2. The van der Waals surface area contributed by atoms with Crippen LogP contribution < -0.4 is 24.3 Å². The van der Waals surface area contributed by atoms with Gasteiger partial charge in [0, 0.05) is 18.0 Å². The molecular weight excluding hydrogens is 516 g/mol. The first-order valence-corrected chi connectivity index (χ1v) is 14.6. The van der Waals surface area contributed by atoms with E-state index < -0.39 is 6.04 Å². The van der Waals surface area contributed by atoms with Crippen molar-refractivity contribution in [2.24, 2.45) is 22.2 Å². The van der Waals surface area contributed by atoms with Gasteiger partial charge >= 0.3 is 0 Å².